The number of imide groups is 1. The molecule has 0 fully saturated rings. The van der Waals surface area contributed by atoms with Crippen molar-refractivity contribution in [2.24, 2.45) is 0 Å². The molecule has 0 spiro atoms. The second-order valence-electron chi connectivity index (χ2n) is 7.66. The molecule has 0 saturated carbocycles. The summed E-state index contributed by atoms with van der Waals surface area (Å²) in [5.41, 5.74) is 3.68. The van der Waals surface area contributed by atoms with E-state index in [0.29, 0.717) is 28.5 Å². The number of ether oxygens (including phenoxy) is 1. The highest BCUT2D eigenvalue weighted by atomic mass is 16.5. The molecule has 31 heavy (non-hydrogen) atoms. The number of para-hydroxylation sites is 1. The van der Waals surface area contributed by atoms with Crippen molar-refractivity contribution < 1.29 is 14.3 Å². The third-order valence-electron chi connectivity index (χ3n) is 5.32. The molecule has 4 rings (SSSR count). The number of hydrogen-bond acceptors (Lipinski definition) is 4. The topological polar surface area (TPSA) is 58.6 Å². The van der Waals surface area contributed by atoms with E-state index in [2.05, 4.69) is 19.2 Å². The molecule has 0 bridgehead atoms. The number of anilines is 2. The Balaban J connectivity index is 1.77. The second kappa shape index (κ2) is 8.48. The molecular formula is C26H24N2O3. The van der Waals surface area contributed by atoms with Gasteiger partial charge >= 0.3 is 0 Å². The van der Waals surface area contributed by atoms with Crippen LogP contribution in [0.15, 0.2) is 84.6 Å². The maximum atomic E-state index is 13.5. The highest BCUT2D eigenvalue weighted by Crippen LogP contribution is 2.34. The van der Waals surface area contributed by atoms with Gasteiger partial charge in [-0.15, -0.1) is 0 Å². The van der Waals surface area contributed by atoms with Crippen molar-refractivity contribution in [2.45, 2.75) is 19.8 Å². The minimum Gasteiger partial charge on any atom is -0.497 e. The van der Waals surface area contributed by atoms with Crippen LogP contribution in [0.4, 0.5) is 11.4 Å². The molecule has 0 saturated heterocycles. The number of amides is 2. The lowest BCUT2D eigenvalue weighted by Crippen LogP contribution is -2.32. The summed E-state index contributed by atoms with van der Waals surface area (Å²) in [6.07, 6.45) is 0. The van der Waals surface area contributed by atoms with Gasteiger partial charge < -0.3 is 10.1 Å². The maximum Gasteiger partial charge on any atom is 0.282 e. The molecule has 3 aromatic carbocycles. The number of hydrogen-bond donors (Lipinski definition) is 1. The average molecular weight is 412 g/mol. The summed E-state index contributed by atoms with van der Waals surface area (Å²) in [7, 11) is 1.59. The zero-order valence-electron chi connectivity index (χ0n) is 17.8. The normalized spacial score (nSPS) is 13.9. The Morgan fingerprint density at radius 1 is 0.806 bits per heavy atom. The van der Waals surface area contributed by atoms with E-state index in [1.165, 1.54) is 4.90 Å². The van der Waals surface area contributed by atoms with Gasteiger partial charge in [-0.2, -0.15) is 0 Å². The summed E-state index contributed by atoms with van der Waals surface area (Å²) >= 11 is 0. The fraction of sp³-hybridized carbons (Fsp3) is 0.154. The van der Waals surface area contributed by atoms with Crippen LogP contribution in [0.25, 0.3) is 5.57 Å². The van der Waals surface area contributed by atoms with Crippen LogP contribution in [0.3, 0.4) is 0 Å². The number of nitrogens with one attached hydrogen (secondary N) is 1. The number of carbonyl (C=O) groups excluding carboxylic acids is 2. The SMILES string of the molecule is COc1ccc(C2=C(Nc3ccccc3)C(=O)N(c3ccc(C(C)C)cc3)C2=O)cc1. The van der Waals surface area contributed by atoms with E-state index >= 15 is 0 Å². The van der Waals surface area contributed by atoms with E-state index in [0.717, 1.165) is 11.3 Å². The van der Waals surface area contributed by atoms with Gasteiger partial charge in [0.2, 0.25) is 0 Å². The van der Waals surface area contributed by atoms with E-state index < -0.39 is 0 Å². The van der Waals surface area contributed by atoms with Gasteiger partial charge in [0.15, 0.2) is 0 Å². The molecule has 5 nitrogen and oxygen atoms in total. The number of benzene rings is 3. The van der Waals surface area contributed by atoms with E-state index in [1.807, 2.05) is 54.6 Å². The fourth-order valence-electron chi connectivity index (χ4n) is 3.58. The van der Waals surface area contributed by atoms with Crippen LogP contribution in [0.5, 0.6) is 5.75 Å². The highest BCUT2D eigenvalue weighted by molar-refractivity contribution is 6.46. The van der Waals surface area contributed by atoms with Crippen LogP contribution in [0.1, 0.15) is 30.9 Å². The third-order valence-corrected chi connectivity index (χ3v) is 5.32. The Kier molecular flexibility index (Phi) is 5.58. The van der Waals surface area contributed by atoms with Crippen molar-refractivity contribution in [3.05, 3.63) is 95.7 Å². The average Bonchev–Trinajstić information content (AvgIpc) is 3.04. The number of carbonyl (C=O) groups is 2. The highest BCUT2D eigenvalue weighted by Gasteiger charge is 2.40. The molecule has 0 aliphatic carbocycles. The van der Waals surface area contributed by atoms with E-state index in [9.17, 15) is 9.59 Å². The molecule has 1 aliphatic rings. The first-order chi connectivity index (χ1) is 15.0. The van der Waals surface area contributed by atoms with Gasteiger partial charge in [-0.05, 0) is 53.4 Å². The van der Waals surface area contributed by atoms with Crippen molar-refractivity contribution >= 4 is 28.8 Å². The summed E-state index contributed by atoms with van der Waals surface area (Å²) in [5, 5.41) is 3.16. The Bertz CT molecular complexity index is 1130. The predicted octanol–water partition coefficient (Wildman–Crippen LogP) is 5.22. The van der Waals surface area contributed by atoms with Crippen LogP contribution in [0.2, 0.25) is 0 Å². The lowest BCUT2D eigenvalue weighted by atomic mass is 10.0. The van der Waals surface area contributed by atoms with E-state index in [-0.39, 0.29) is 17.5 Å². The van der Waals surface area contributed by atoms with Crippen LogP contribution in [-0.4, -0.2) is 18.9 Å². The lowest BCUT2D eigenvalue weighted by Gasteiger charge is -2.16. The Hall–Kier alpha value is -3.86. The molecule has 3 aromatic rings. The minimum absolute atomic E-state index is 0.259. The standard InChI is InChI=1S/C26H24N2O3/c1-17(2)18-9-13-21(14-10-18)28-25(29)23(19-11-15-22(31-3)16-12-19)24(26(28)30)27-20-7-5-4-6-8-20/h4-17,27H,1-3H3. The summed E-state index contributed by atoms with van der Waals surface area (Å²) in [5.74, 6) is 0.310. The largest absolute Gasteiger partial charge is 0.497 e. The first-order valence-corrected chi connectivity index (χ1v) is 10.2. The molecule has 1 heterocycles. The molecule has 0 aromatic heterocycles. The molecule has 0 radical (unpaired) electrons. The number of rotatable bonds is 6. The number of nitrogens with zero attached hydrogens (tertiary/aromatic N) is 1. The smallest absolute Gasteiger partial charge is 0.282 e. The van der Waals surface area contributed by atoms with Gasteiger partial charge in [0.1, 0.15) is 11.4 Å². The molecule has 1 N–H and O–H groups in total. The van der Waals surface area contributed by atoms with Crippen LogP contribution in [0, 0.1) is 0 Å². The Morgan fingerprint density at radius 3 is 2.03 bits per heavy atom. The predicted molar refractivity (Wildman–Crippen MR) is 123 cm³/mol. The maximum absolute atomic E-state index is 13.5. The van der Waals surface area contributed by atoms with Crippen molar-refractivity contribution in [1.29, 1.82) is 0 Å². The molecule has 0 atom stereocenters. The molecule has 5 heteroatoms. The lowest BCUT2D eigenvalue weighted by molar-refractivity contribution is -0.120. The minimum atomic E-state index is -0.378. The quantitative estimate of drug-likeness (QED) is 0.564. The second-order valence-corrected chi connectivity index (χ2v) is 7.66. The fourth-order valence-corrected chi connectivity index (χ4v) is 3.58. The Morgan fingerprint density at radius 2 is 1.45 bits per heavy atom. The van der Waals surface area contributed by atoms with Gasteiger partial charge in [0.25, 0.3) is 11.8 Å². The van der Waals surface area contributed by atoms with Gasteiger partial charge in [0.05, 0.1) is 18.4 Å². The zero-order valence-corrected chi connectivity index (χ0v) is 17.8. The summed E-state index contributed by atoms with van der Waals surface area (Å²) < 4.78 is 5.23. The molecule has 156 valence electrons. The van der Waals surface area contributed by atoms with Crippen molar-refractivity contribution in [3.8, 4) is 5.75 Å². The van der Waals surface area contributed by atoms with Gasteiger partial charge in [0, 0.05) is 5.69 Å². The molecule has 2 amide bonds. The molecule has 0 unspecified atom stereocenters. The van der Waals surface area contributed by atoms with Crippen molar-refractivity contribution in [3.63, 3.8) is 0 Å². The molecular weight excluding hydrogens is 388 g/mol. The van der Waals surface area contributed by atoms with E-state index in [1.54, 1.807) is 31.4 Å². The first kappa shape index (κ1) is 20.4. The third kappa shape index (κ3) is 3.94. The van der Waals surface area contributed by atoms with Crippen LogP contribution >= 0.6 is 0 Å². The molecule has 1 aliphatic heterocycles. The Labute approximate surface area is 182 Å². The van der Waals surface area contributed by atoms with Crippen molar-refractivity contribution in [2.75, 3.05) is 17.3 Å². The van der Waals surface area contributed by atoms with Gasteiger partial charge in [-0.25, -0.2) is 4.90 Å². The van der Waals surface area contributed by atoms with E-state index in [4.69, 9.17) is 4.74 Å². The summed E-state index contributed by atoms with van der Waals surface area (Å²) in [4.78, 5) is 28.1. The zero-order chi connectivity index (χ0) is 22.0. The van der Waals surface area contributed by atoms with Gasteiger partial charge in [-0.1, -0.05) is 56.3 Å². The first-order valence-electron chi connectivity index (χ1n) is 10.2. The van der Waals surface area contributed by atoms with Crippen LogP contribution in [-0.2, 0) is 9.59 Å². The number of methoxy groups -OCH3 is 1. The summed E-state index contributed by atoms with van der Waals surface area (Å²) in [6, 6.07) is 24.0. The van der Waals surface area contributed by atoms with Crippen molar-refractivity contribution in [1.82, 2.24) is 0 Å². The summed E-state index contributed by atoms with van der Waals surface area (Å²) in [6.45, 7) is 4.21. The van der Waals surface area contributed by atoms with Crippen LogP contribution < -0.4 is 15.0 Å². The van der Waals surface area contributed by atoms with Gasteiger partial charge in [-0.3, -0.25) is 9.59 Å². The monoisotopic (exact) mass is 412 g/mol.